The van der Waals surface area contributed by atoms with Crippen molar-refractivity contribution in [1.82, 2.24) is 20.0 Å². The number of hydrogen-bond donors (Lipinski definition) is 1. The lowest BCUT2D eigenvalue weighted by Crippen LogP contribution is -2.45. The van der Waals surface area contributed by atoms with Crippen LogP contribution in [0.2, 0.25) is 0 Å². The molecule has 2 aromatic rings. The maximum atomic E-state index is 12.5. The zero-order valence-electron chi connectivity index (χ0n) is 15.9. The van der Waals surface area contributed by atoms with Crippen LogP contribution in [-0.2, 0) is 16.0 Å². The molecule has 0 spiro atoms. The highest BCUT2D eigenvalue weighted by Crippen LogP contribution is 2.18. The monoisotopic (exact) mass is 368 g/mol. The van der Waals surface area contributed by atoms with E-state index in [1.807, 2.05) is 40.9 Å². The van der Waals surface area contributed by atoms with E-state index in [1.165, 1.54) is 5.56 Å². The second-order valence-electron chi connectivity index (χ2n) is 7.09. The molecule has 0 aliphatic carbocycles. The third-order valence-corrected chi connectivity index (χ3v) is 5.03. The molecule has 1 aliphatic rings. The molecule has 1 N–H and O–H groups in total. The molecule has 1 fully saturated rings. The first-order valence-corrected chi connectivity index (χ1v) is 9.82. The van der Waals surface area contributed by atoms with Crippen molar-refractivity contribution in [2.24, 2.45) is 5.92 Å². The molecule has 6 nitrogen and oxygen atoms in total. The Balaban J connectivity index is 1.44. The predicted molar refractivity (Wildman–Crippen MR) is 104 cm³/mol. The van der Waals surface area contributed by atoms with Crippen LogP contribution in [0.15, 0.2) is 42.7 Å². The van der Waals surface area contributed by atoms with Crippen LogP contribution in [0.4, 0.5) is 0 Å². The first-order valence-electron chi connectivity index (χ1n) is 9.82. The number of benzene rings is 1. The number of likely N-dealkylation sites (tertiary alicyclic amines) is 1. The third-order valence-electron chi connectivity index (χ3n) is 5.03. The average Bonchev–Trinajstić information content (AvgIpc) is 3.23. The highest BCUT2D eigenvalue weighted by Gasteiger charge is 2.27. The number of nitrogens with zero attached hydrogens (tertiary/aromatic N) is 3. The van der Waals surface area contributed by atoms with Gasteiger partial charge in [-0.3, -0.25) is 9.59 Å². The fourth-order valence-electron chi connectivity index (χ4n) is 3.50. The van der Waals surface area contributed by atoms with Crippen LogP contribution in [0.5, 0.6) is 0 Å². The van der Waals surface area contributed by atoms with Crippen molar-refractivity contribution < 1.29 is 9.59 Å². The van der Waals surface area contributed by atoms with Crippen LogP contribution in [0.1, 0.15) is 38.2 Å². The normalized spacial score (nSPS) is 16.9. The van der Waals surface area contributed by atoms with Crippen molar-refractivity contribution in [1.29, 1.82) is 0 Å². The molecule has 2 amide bonds. The summed E-state index contributed by atoms with van der Waals surface area (Å²) in [6, 6.07) is 10.1. The molecule has 0 radical (unpaired) electrons. The van der Waals surface area contributed by atoms with Crippen LogP contribution >= 0.6 is 0 Å². The van der Waals surface area contributed by atoms with E-state index >= 15 is 0 Å². The quantitative estimate of drug-likeness (QED) is 0.817. The molecule has 3 rings (SSSR count). The Labute approximate surface area is 160 Å². The fraction of sp³-hybridized carbons (Fsp3) is 0.476. The van der Waals surface area contributed by atoms with Gasteiger partial charge in [0.05, 0.1) is 11.6 Å². The first-order chi connectivity index (χ1) is 13.2. The summed E-state index contributed by atoms with van der Waals surface area (Å²) in [7, 11) is 0. The molecule has 0 bridgehead atoms. The van der Waals surface area contributed by atoms with Crippen molar-refractivity contribution in [2.75, 3.05) is 19.6 Å². The highest BCUT2D eigenvalue weighted by atomic mass is 16.2. The Morgan fingerprint density at radius 3 is 2.78 bits per heavy atom. The van der Waals surface area contributed by atoms with Crippen LogP contribution in [0.3, 0.4) is 0 Å². The van der Waals surface area contributed by atoms with E-state index in [1.54, 1.807) is 6.20 Å². The second-order valence-corrected chi connectivity index (χ2v) is 7.09. The summed E-state index contributed by atoms with van der Waals surface area (Å²) >= 11 is 0. The molecule has 1 saturated heterocycles. The van der Waals surface area contributed by atoms with Crippen molar-refractivity contribution in [3.8, 4) is 5.69 Å². The molecule has 2 heterocycles. The van der Waals surface area contributed by atoms with Gasteiger partial charge in [0.1, 0.15) is 0 Å². The van der Waals surface area contributed by atoms with Gasteiger partial charge in [-0.25, -0.2) is 4.68 Å². The van der Waals surface area contributed by atoms with Gasteiger partial charge in [-0.15, -0.1) is 0 Å². The number of carbonyl (C=O) groups excluding carboxylic acids is 2. The number of rotatable bonds is 7. The van der Waals surface area contributed by atoms with Gasteiger partial charge in [0.25, 0.3) is 0 Å². The Bertz CT molecular complexity index is 740. The summed E-state index contributed by atoms with van der Waals surface area (Å²) in [5.74, 6) is 0.158. The highest BCUT2D eigenvalue weighted by molar-refractivity contribution is 5.81. The van der Waals surface area contributed by atoms with Crippen molar-refractivity contribution in [3.05, 3.63) is 48.3 Å². The van der Waals surface area contributed by atoms with E-state index in [-0.39, 0.29) is 17.7 Å². The average molecular weight is 368 g/mol. The van der Waals surface area contributed by atoms with Crippen LogP contribution in [-0.4, -0.2) is 46.1 Å². The summed E-state index contributed by atoms with van der Waals surface area (Å²) in [6.07, 6.45) is 7.65. The minimum atomic E-state index is -0.0817. The Kier molecular flexibility index (Phi) is 6.63. The Morgan fingerprint density at radius 2 is 2.07 bits per heavy atom. The lowest BCUT2D eigenvalue weighted by molar-refractivity contribution is -0.135. The van der Waals surface area contributed by atoms with Gasteiger partial charge in [-0.05, 0) is 49.4 Å². The van der Waals surface area contributed by atoms with E-state index in [2.05, 4.69) is 22.5 Å². The molecule has 0 saturated carbocycles. The maximum Gasteiger partial charge on any atom is 0.224 e. The number of amides is 2. The number of aromatic nitrogens is 2. The molecule has 1 aromatic heterocycles. The summed E-state index contributed by atoms with van der Waals surface area (Å²) in [5.41, 5.74) is 2.20. The fourth-order valence-corrected chi connectivity index (χ4v) is 3.50. The zero-order chi connectivity index (χ0) is 19.1. The molecule has 1 atom stereocenters. The molecule has 1 unspecified atom stereocenters. The third kappa shape index (κ3) is 5.18. The van der Waals surface area contributed by atoms with Crippen molar-refractivity contribution >= 4 is 11.8 Å². The Morgan fingerprint density at radius 1 is 1.26 bits per heavy atom. The first kappa shape index (κ1) is 19.1. The van der Waals surface area contributed by atoms with E-state index in [9.17, 15) is 9.59 Å². The molecular weight excluding hydrogens is 340 g/mol. The topological polar surface area (TPSA) is 67.2 Å². The van der Waals surface area contributed by atoms with Crippen molar-refractivity contribution in [2.45, 2.75) is 39.0 Å². The summed E-state index contributed by atoms with van der Waals surface area (Å²) in [5, 5.41) is 7.26. The SMILES string of the molecule is CCCC(=O)N1CCCC(C(=O)NCCc2ccc(-n3cccn3)cc2)C1. The molecule has 144 valence electrons. The number of hydrogen-bond acceptors (Lipinski definition) is 3. The largest absolute Gasteiger partial charge is 0.355 e. The molecule has 27 heavy (non-hydrogen) atoms. The van der Waals surface area contributed by atoms with Gasteiger partial charge in [-0.2, -0.15) is 5.10 Å². The van der Waals surface area contributed by atoms with Gasteiger partial charge >= 0.3 is 0 Å². The lowest BCUT2D eigenvalue weighted by Gasteiger charge is -2.32. The summed E-state index contributed by atoms with van der Waals surface area (Å²) in [4.78, 5) is 26.4. The van der Waals surface area contributed by atoms with Crippen LogP contribution < -0.4 is 5.32 Å². The van der Waals surface area contributed by atoms with E-state index < -0.39 is 0 Å². The Hall–Kier alpha value is -2.63. The lowest BCUT2D eigenvalue weighted by atomic mass is 9.96. The number of nitrogens with one attached hydrogen (secondary N) is 1. The summed E-state index contributed by atoms with van der Waals surface area (Å²) in [6.45, 7) is 3.96. The van der Waals surface area contributed by atoms with Gasteiger partial charge in [-0.1, -0.05) is 19.1 Å². The maximum absolute atomic E-state index is 12.5. The number of carbonyl (C=O) groups is 2. The molecule has 1 aliphatic heterocycles. The molecule has 1 aromatic carbocycles. The second kappa shape index (κ2) is 9.35. The van der Waals surface area contributed by atoms with Gasteiger partial charge < -0.3 is 10.2 Å². The van der Waals surface area contributed by atoms with Crippen LogP contribution in [0, 0.1) is 5.92 Å². The minimum absolute atomic E-state index is 0.0668. The smallest absolute Gasteiger partial charge is 0.224 e. The number of piperidine rings is 1. The van der Waals surface area contributed by atoms with E-state index in [0.717, 1.165) is 37.9 Å². The molecule has 6 heteroatoms. The zero-order valence-corrected chi connectivity index (χ0v) is 15.9. The van der Waals surface area contributed by atoms with Gasteiger partial charge in [0.15, 0.2) is 0 Å². The van der Waals surface area contributed by atoms with Gasteiger partial charge in [0, 0.05) is 38.4 Å². The predicted octanol–water partition coefficient (Wildman–Crippen LogP) is 2.57. The van der Waals surface area contributed by atoms with E-state index in [4.69, 9.17) is 0 Å². The van der Waals surface area contributed by atoms with Crippen LogP contribution in [0.25, 0.3) is 5.69 Å². The standard InChI is InChI=1S/C21H28N4O2/c1-2-5-20(26)24-14-3-6-18(16-24)21(27)22-13-11-17-7-9-19(10-8-17)25-15-4-12-23-25/h4,7-10,12,15,18H,2-3,5-6,11,13-14,16H2,1H3,(H,22,27). The van der Waals surface area contributed by atoms with Gasteiger partial charge in [0.2, 0.25) is 11.8 Å². The summed E-state index contributed by atoms with van der Waals surface area (Å²) < 4.78 is 1.82. The minimum Gasteiger partial charge on any atom is -0.355 e. The van der Waals surface area contributed by atoms with E-state index in [0.29, 0.717) is 19.5 Å². The van der Waals surface area contributed by atoms with Crippen molar-refractivity contribution in [3.63, 3.8) is 0 Å². The molecular formula is C21H28N4O2.